The Bertz CT molecular complexity index is 121. The number of carboxylic acid groups (broad SMARTS) is 1. The van der Waals surface area contributed by atoms with Gasteiger partial charge in [0, 0.05) is 0 Å². The van der Waals surface area contributed by atoms with Crippen molar-refractivity contribution in [1.82, 2.24) is 0 Å². The molecular weight excluding hydrogens is 167 g/mol. The van der Waals surface area contributed by atoms with Crippen molar-refractivity contribution < 1.29 is 15.0 Å². The van der Waals surface area contributed by atoms with Crippen molar-refractivity contribution in [3.05, 3.63) is 0 Å². The van der Waals surface area contributed by atoms with Crippen molar-refractivity contribution in [1.29, 1.82) is 0 Å². The molecule has 0 spiro atoms. The molecule has 0 aromatic carbocycles. The quantitative estimate of drug-likeness (QED) is 0.602. The standard InChI is InChI=1S/C4H6Cl2O3/c1-4(9,2(5)6)3(7)8/h2,9H,1H3,(H,7,8). The van der Waals surface area contributed by atoms with Crippen LogP contribution in [0.25, 0.3) is 0 Å². The minimum absolute atomic E-state index is 1.03. The van der Waals surface area contributed by atoms with E-state index in [4.69, 9.17) is 33.4 Å². The monoisotopic (exact) mass is 172 g/mol. The summed E-state index contributed by atoms with van der Waals surface area (Å²) in [6.45, 7) is 1.03. The molecule has 0 aromatic heterocycles. The second-order valence-electron chi connectivity index (χ2n) is 1.75. The van der Waals surface area contributed by atoms with E-state index in [1.54, 1.807) is 0 Å². The van der Waals surface area contributed by atoms with Crippen molar-refractivity contribution >= 4 is 29.2 Å². The lowest BCUT2D eigenvalue weighted by atomic mass is 10.1. The molecule has 0 aliphatic rings. The molecule has 2 N–H and O–H groups in total. The molecule has 1 unspecified atom stereocenters. The maximum absolute atomic E-state index is 10.0. The van der Waals surface area contributed by atoms with Gasteiger partial charge in [-0.1, -0.05) is 0 Å². The first-order chi connectivity index (χ1) is 3.89. The van der Waals surface area contributed by atoms with E-state index in [1.807, 2.05) is 0 Å². The third-order valence-electron chi connectivity index (χ3n) is 0.858. The lowest BCUT2D eigenvalue weighted by Gasteiger charge is -2.17. The van der Waals surface area contributed by atoms with Crippen LogP contribution < -0.4 is 0 Å². The van der Waals surface area contributed by atoms with Crippen molar-refractivity contribution in [2.24, 2.45) is 0 Å². The van der Waals surface area contributed by atoms with Crippen molar-refractivity contribution in [2.45, 2.75) is 17.4 Å². The van der Waals surface area contributed by atoms with Crippen molar-refractivity contribution in [3.63, 3.8) is 0 Å². The number of hydrogen-bond donors (Lipinski definition) is 2. The fraction of sp³-hybridized carbons (Fsp3) is 0.750. The maximum atomic E-state index is 10.0. The largest absolute Gasteiger partial charge is 0.479 e. The summed E-state index contributed by atoms with van der Waals surface area (Å²) in [4.78, 5) is 8.73. The predicted octanol–water partition coefficient (Wildman–Crippen LogP) is 0.626. The highest BCUT2D eigenvalue weighted by atomic mass is 35.5. The highest BCUT2D eigenvalue weighted by Gasteiger charge is 2.37. The van der Waals surface area contributed by atoms with Gasteiger partial charge in [0.15, 0.2) is 5.60 Å². The van der Waals surface area contributed by atoms with E-state index in [0.29, 0.717) is 0 Å². The molecule has 0 aliphatic carbocycles. The number of aliphatic hydroxyl groups is 1. The van der Waals surface area contributed by atoms with Gasteiger partial charge in [-0.15, -0.1) is 23.2 Å². The average Bonchev–Trinajstić information content (AvgIpc) is 1.65. The lowest BCUT2D eigenvalue weighted by molar-refractivity contribution is -0.155. The molecule has 54 valence electrons. The van der Waals surface area contributed by atoms with Gasteiger partial charge in [0.1, 0.15) is 4.84 Å². The van der Waals surface area contributed by atoms with Gasteiger partial charge >= 0.3 is 5.97 Å². The number of carboxylic acids is 1. The Labute approximate surface area is 62.2 Å². The maximum Gasteiger partial charge on any atom is 0.338 e. The molecule has 0 amide bonds. The van der Waals surface area contributed by atoms with Gasteiger partial charge in [0.05, 0.1) is 0 Å². The van der Waals surface area contributed by atoms with E-state index in [2.05, 4.69) is 0 Å². The number of carbonyl (C=O) groups is 1. The molecule has 1 atom stereocenters. The Morgan fingerprint density at radius 3 is 2.00 bits per heavy atom. The van der Waals surface area contributed by atoms with E-state index in [9.17, 15) is 4.79 Å². The van der Waals surface area contributed by atoms with Crippen LogP contribution in [-0.2, 0) is 4.79 Å². The van der Waals surface area contributed by atoms with Gasteiger partial charge < -0.3 is 10.2 Å². The molecule has 0 radical (unpaired) electrons. The van der Waals surface area contributed by atoms with Gasteiger partial charge in [-0.3, -0.25) is 0 Å². The van der Waals surface area contributed by atoms with Gasteiger partial charge in [-0.25, -0.2) is 4.79 Å². The smallest absolute Gasteiger partial charge is 0.338 e. The van der Waals surface area contributed by atoms with Gasteiger partial charge in [-0.05, 0) is 6.92 Å². The van der Waals surface area contributed by atoms with E-state index < -0.39 is 16.4 Å². The zero-order chi connectivity index (χ0) is 7.65. The topological polar surface area (TPSA) is 57.5 Å². The van der Waals surface area contributed by atoms with E-state index in [1.165, 1.54) is 0 Å². The van der Waals surface area contributed by atoms with Crippen LogP contribution in [-0.4, -0.2) is 26.6 Å². The van der Waals surface area contributed by atoms with Crippen LogP contribution in [0.3, 0.4) is 0 Å². The normalized spacial score (nSPS) is 17.4. The Hall–Kier alpha value is 0.01000. The Kier molecular flexibility index (Phi) is 2.73. The molecule has 0 heterocycles. The molecule has 0 aromatic rings. The van der Waals surface area contributed by atoms with Crippen LogP contribution in [0, 0.1) is 0 Å². The fourth-order valence-corrected chi connectivity index (χ4v) is 0.280. The number of alkyl halides is 2. The zero-order valence-electron chi connectivity index (χ0n) is 4.64. The van der Waals surface area contributed by atoms with Crippen LogP contribution >= 0.6 is 23.2 Å². The molecule has 0 bridgehead atoms. The summed E-state index contributed by atoms with van der Waals surface area (Å²) in [5, 5.41) is 17.0. The highest BCUT2D eigenvalue weighted by molar-refractivity contribution is 6.46. The average molecular weight is 173 g/mol. The second-order valence-corrected chi connectivity index (χ2v) is 2.85. The van der Waals surface area contributed by atoms with Gasteiger partial charge in [0.2, 0.25) is 0 Å². The molecule has 9 heavy (non-hydrogen) atoms. The SMILES string of the molecule is CC(O)(C(=O)O)C(Cl)Cl. The molecule has 5 heteroatoms. The Balaban J connectivity index is 4.19. The second kappa shape index (κ2) is 2.73. The predicted molar refractivity (Wildman–Crippen MR) is 33.8 cm³/mol. The summed E-state index contributed by atoms with van der Waals surface area (Å²) >= 11 is 10.2. The van der Waals surface area contributed by atoms with E-state index in [-0.39, 0.29) is 0 Å². The third kappa shape index (κ3) is 2.01. The zero-order valence-corrected chi connectivity index (χ0v) is 6.15. The van der Waals surface area contributed by atoms with Crippen LogP contribution in [0.15, 0.2) is 0 Å². The molecule has 0 aliphatic heterocycles. The van der Waals surface area contributed by atoms with E-state index in [0.717, 1.165) is 6.92 Å². The summed E-state index contributed by atoms with van der Waals surface area (Å²) < 4.78 is 0. The first-order valence-corrected chi connectivity index (χ1v) is 3.00. The molecule has 3 nitrogen and oxygen atoms in total. The lowest BCUT2D eigenvalue weighted by Crippen LogP contribution is -2.41. The Morgan fingerprint density at radius 2 is 2.00 bits per heavy atom. The highest BCUT2D eigenvalue weighted by Crippen LogP contribution is 2.19. The summed E-state index contributed by atoms with van der Waals surface area (Å²) in [5.74, 6) is -1.43. The number of hydrogen-bond acceptors (Lipinski definition) is 2. The molecule has 0 saturated heterocycles. The molecule has 0 rings (SSSR count). The first-order valence-electron chi connectivity index (χ1n) is 2.13. The summed E-state index contributed by atoms with van der Waals surface area (Å²) in [7, 11) is 0. The number of aliphatic carboxylic acids is 1. The fourth-order valence-electron chi connectivity index (χ4n) is 0.0933. The van der Waals surface area contributed by atoms with Gasteiger partial charge in [0.25, 0.3) is 0 Å². The van der Waals surface area contributed by atoms with Crippen LogP contribution in [0.5, 0.6) is 0 Å². The summed E-state index contributed by atoms with van der Waals surface area (Å²) in [6, 6.07) is 0. The molecular formula is C4H6Cl2O3. The van der Waals surface area contributed by atoms with Crippen LogP contribution in [0.1, 0.15) is 6.92 Å². The van der Waals surface area contributed by atoms with Crippen molar-refractivity contribution in [2.75, 3.05) is 0 Å². The number of rotatable bonds is 2. The van der Waals surface area contributed by atoms with E-state index >= 15 is 0 Å². The van der Waals surface area contributed by atoms with Crippen molar-refractivity contribution in [3.8, 4) is 0 Å². The number of halogens is 2. The minimum Gasteiger partial charge on any atom is -0.479 e. The van der Waals surface area contributed by atoms with Crippen LogP contribution in [0.2, 0.25) is 0 Å². The molecule has 0 fully saturated rings. The third-order valence-corrected chi connectivity index (χ3v) is 1.71. The Morgan fingerprint density at radius 1 is 1.67 bits per heavy atom. The summed E-state index contributed by atoms with van der Waals surface area (Å²) in [6.07, 6.45) is 0. The first kappa shape index (κ1) is 9.01. The summed E-state index contributed by atoms with van der Waals surface area (Å²) in [5.41, 5.74) is -2.05. The minimum atomic E-state index is -2.05. The van der Waals surface area contributed by atoms with Gasteiger partial charge in [-0.2, -0.15) is 0 Å². The van der Waals surface area contributed by atoms with Crippen LogP contribution in [0.4, 0.5) is 0 Å². The molecule has 0 saturated carbocycles.